The fourth-order valence-corrected chi connectivity index (χ4v) is 2.15. The van der Waals surface area contributed by atoms with E-state index in [0.29, 0.717) is 18.6 Å². The Morgan fingerprint density at radius 3 is 3.21 bits per heavy atom. The minimum absolute atomic E-state index is 0.306. The van der Waals surface area contributed by atoms with Crippen molar-refractivity contribution in [2.24, 2.45) is 5.92 Å². The summed E-state index contributed by atoms with van der Waals surface area (Å²) >= 11 is 0. The lowest BCUT2D eigenvalue weighted by Gasteiger charge is -2.18. The molecule has 0 spiro atoms. The summed E-state index contributed by atoms with van der Waals surface area (Å²) in [5.41, 5.74) is 1.11. The molecule has 2 unspecified atom stereocenters. The van der Waals surface area contributed by atoms with Gasteiger partial charge in [-0.3, -0.25) is 0 Å². The van der Waals surface area contributed by atoms with E-state index in [0.717, 1.165) is 18.7 Å². The molecular weight excluding hydrogens is 178 g/mol. The summed E-state index contributed by atoms with van der Waals surface area (Å²) in [6.07, 6.45) is 7.08. The summed E-state index contributed by atoms with van der Waals surface area (Å²) in [6.45, 7) is 1.13. The van der Waals surface area contributed by atoms with Crippen molar-refractivity contribution in [1.82, 2.24) is 15.3 Å². The first-order valence-corrected chi connectivity index (χ1v) is 5.21. The minimum atomic E-state index is 0.306. The summed E-state index contributed by atoms with van der Waals surface area (Å²) in [5.74, 6) is 0.443. The van der Waals surface area contributed by atoms with Crippen LogP contribution in [-0.4, -0.2) is 27.7 Å². The van der Waals surface area contributed by atoms with Crippen molar-refractivity contribution >= 4 is 0 Å². The van der Waals surface area contributed by atoms with E-state index in [1.807, 2.05) is 6.20 Å². The van der Waals surface area contributed by atoms with Gasteiger partial charge in [0, 0.05) is 31.1 Å². The number of hydrogen-bond acceptors (Lipinski definition) is 3. The quantitative estimate of drug-likeness (QED) is 0.661. The van der Waals surface area contributed by atoms with Gasteiger partial charge in [0.25, 0.3) is 0 Å². The van der Waals surface area contributed by atoms with E-state index in [2.05, 4.69) is 15.3 Å². The van der Waals surface area contributed by atoms with Gasteiger partial charge in [-0.1, -0.05) is 6.42 Å². The Kier molecular flexibility index (Phi) is 3.16. The van der Waals surface area contributed by atoms with Gasteiger partial charge in [-0.25, -0.2) is 4.98 Å². The zero-order valence-corrected chi connectivity index (χ0v) is 8.24. The van der Waals surface area contributed by atoms with Crippen molar-refractivity contribution in [2.45, 2.75) is 31.8 Å². The van der Waals surface area contributed by atoms with Crippen LogP contribution < -0.4 is 5.32 Å². The monoisotopic (exact) mass is 195 g/mol. The molecule has 0 bridgehead atoms. The molecule has 14 heavy (non-hydrogen) atoms. The van der Waals surface area contributed by atoms with Gasteiger partial charge in [0.15, 0.2) is 0 Å². The molecule has 0 aliphatic heterocycles. The molecule has 4 heteroatoms. The molecule has 78 valence electrons. The maximum Gasteiger partial charge on any atom is 0.0922 e. The Bertz CT molecular complexity index is 260. The molecule has 4 nitrogen and oxygen atoms in total. The highest BCUT2D eigenvalue weighted by molar-refractivity contribution is 4.95. The summed E-state index contributed by atoms with van der Waals surface area (Å²) < 4.78 is 0. The Balaban J connectivity index is 1.80. The van der Waals surface area contributed by atoms with Crippen LogP contribution in [0, 0.1) is 5.92 Å². The number of rotatable bonds is 4. The standard InChI is InChI=1S/C10H17N3O/c14-6-8-2-1-3-10(8)12-5-9-4-11-7-13-9/h4,7-8,10,12,14H,1-3,5-6H2,(H,11,13). The van der Waals surface area contributed by atoms with Gasteiger partial charge in [-0.2, -0.15) is 0 Å². The molecule has 1 aromatic rings. The molecule has 1 aromatic heterocycles. The number of aromatic amines is 1. The van der Waals surface area contributed by atoms with Crippen molar-refractivity contribution in [3.05, 3.63) is 18.2 Å². The molecule has 0 amide bonds. The van der Waals surface area contributed by atoms with Crippen molar-refractivity contribution in [2.75, 3.05) is 6.61 Å². The molecule has 3 N–H and O–H groups in total. The highest BCUT2D eigenvalue weighted by atomic mass is 16.3. The lowest BCUT2D eigenvalue weighted by molar-refractivity contribution is 0.205. The zero-order valence-electron chi connectivity index (χ0n) is 8.24. The predicted octanol–water partition coefficient (Wildman–Crippen LogP) is 0.660. The Morgan fingerprint density at radius 1 is 1.57 bits per heavy atom. The van der Waals surface area contributed by atoms with E-state index in [-0.39, 0.29) is 0 Å². The predicted molar refractivity (Wildman–Crippen MR) is 53.6 cm³/mol. The maximum atomic E-state index is 9.13. The van der Waals surface area contributed by atoms with Crippen LogP contribution in [0.3, 0.4) is 0 Å². The van der Waals surface area contributed by atoms with Crippen molar-refractivity contribution < 1.29 is 5.11 Å². The van der Waals surface area contributed by atoms with Gasteiger partial charge in [-0.15, -0.1) is 0 Å². The molecule has 1 fully saturated rings. The largest absolute Gasteiger partial charge is 0.396 e. The van der Waals surface area contributed by atoms with Crippen molar-refractivity contribution in [3.63, 3.8) is 0 Å². The van der Waals surface area contributed by atoms with E-state index in [4.69, 9.17) is 5.11 Å². The molecule has 2 atom stereocenters. The van der Waals surface area contributed by atoms with E-state index < -0.39 is 0 Å². The second kappa shape index (κ2) is 4.57. The summed E-state index contributed by atoms with van der Waals surface area (Å²) in [5, 5.41) is 12.6. The van der Waals surface area contributed by atoms with Crippen LogP contribution in [0.5, 0.6) is 0 Å². The van der Waals surface area contributed by atoms with Crippen molar-refractivity contribution in [1.29, 1.82) is 0 Å². The number of nitrogens with one attached hydrogen (secondary N) is 2. The SMILES string of the molecule is OCC1CCCC1NCc1cnc[nH]1. The third-order valence-corrected chi connectivity index (χ3v) is 3.00. The number of nitrogens with zero attached hydrogens (tertiary/aromatic N) is 1. The third-order valence-electron chi connectivity index (χ3n) is 3.00. The van der Waals surface area contributed by atoms with Crippen LogP contribution in [0.1, 0.15) is 25.0 Å². The molecule has 1 aliphatic carbocycles. The van der Waals surface area contributed by atoms with E-state index >= 15 is 0 Å². The van der Waals surface area contributed by atoms with Crippen LogP contribution in [-0.2, 0) is 6.54 Å². The summed E-state index contributed by atoms with van der Waals surface area (Å²) in [6, 6.07) is 0.475. The fourth-order valence-electron chi connectivity index (χ4n) is 2.15. The van der Waals surface area contributed by atoms with Crippen molar-refractivity contribution in [3.8, 4) is 0 Å². The van der Waals surface area contributed by atoms with Gasteiger partial charge in [0.1, 0.15) is 0 Å². The van der Waals surface area contributed by atoms with E-state index in [1.165, 1.54) is 12.8 Å². The molecule has 1 saturated carbocycles. The maximum absolute atomic E-state index is 9.13. The first-order valence-electron chi connectivity index (χ1n) is 5.21. The number of hydrogen-bond donors (Lipinski definition) is 3. The van der Waals surface area contributed by atoms with Gasteiger partial charge in [0.05, 0.1) is 6.33 Å². The van der Waals surface area contributed by atoms with Crippen LogP contribution >= 0.6 is 0 Å². The Hall–Kier alpha value is -0.870. The van der Waals surface area contributed by atoms with Gasteiger partial charge in [0.2, 0.25) is 0 Å². The fraction of sp³-hybridized carbons (Fsp3) is 0.700. The molecule has 0 saturated heterocycles. The normalized spacial score (nSPS) is 26.9. The van der Waals surface area contributed by atoms with Gasteiger partial charge >= 0.3 is 0 Å². The number of aliphatic hydroxyl groups excluding tert-OH is 1. The Morgan fingerprint density at radius 2 is 2.50 bits per heavy atom. The third kappa shape index (κ3) is 2.13. The minimum Gasteiger partial charge on any atom is -0.396 e. The first kappa shape index (κ1) is 9.68. The van der Waals surface area contributed by atoms with Crippen LogP contribution in [0.2, 0.25) is 0 Å². The number of H-pyrrole nitrogens is 1. The average Bonchev–Trinajstić information content (AvgIpc) is 2.85. The highest BCUT2D eigenvalue weighted by Gasteiger charge is 2.25. The number of aliphatic hydroxyl groups is 1. The lowest BCUT2D eigenvalue weighted by atomic mass is 10.1. The average molecular weight is 195 g/mol. The topological polar surface area (TPSA) is 60.9 Å². The second-order valence-electron chi connectivity index (χ2n) is 3.94. The number of imidazole rings is 1. The first-order chi connectivity index (χ1) is 6.90. The Labute approximate surface area is 83.8 Å². The van der Waals surface area contributed by atoms with Gasteiger partial charge in [-0.05, 0) is 18.8 Å². The lowest BCUT2D eigenvalue weighted by Crippen LogP contribution is -2.33. The van der Waals surface area contributed by atoms with Gasteiger partial charge < -0.3 is 15.4 Å². The molecular formula is C10H17N3O. The molecule has 1 aliphatic rings. The van der Waals surface area contributed by atoms with Crippen LogP contribution in [0.4, 0.5) is 0 Å². The smallest absolute Gasteiger partial charge is 0.0922 e. The molecule has 0 aromatic carbocycles. The summed E-state index contributed by atoms with van der Waals surface area (Å²) in [7, 11) is 0. The van der Waals surface area contributed by atoms with E-state index in [9.17, 15) is 0 Å². The molecule has 0 radical (unpaired) electrons. The molecule has 2 rings (SSSR count). The van der Waals surface area contributed by atoms with Crippen LogP contribution in [0.25, 0.3) is 0 Å². The zero-order chi connectivity index (χ0) is 9.80. The second-order valence-corrected chi connectivity index (χ2v) is 3.94. The highest BCUT2D eigenvalue weighted by Crippen LogP contribution is 2.25. The number of aromatic nitrogens is 2. The summed E-state index contributed by atoms with van der Waals surface area (Å²) in [4.78, 5) is 7.02. The molecule has 1 heterocycles. The van der Waals surface area contributed by atoms with E-state index in [1.54, 1.807) is 6.33 Å². The van der Waals surface area contributed by atoms with Crippen LogP contribution in [0.15, 0.2) is 12.5 Å².